The summed E-state index contributed by atoms with van der Waals surface area (Å²) < 4.78 is 10.5. The Morgan fingerprint density at radius 2 is 2.22 bits per heavy atom. The van der Waals surface area contributed by atoms with E-state index in [1.54, 1.807) is 6.07 Å². The van der Waals surface area contributed by atoms with Crippen LogP contribution < -0.4 is 4.74 Å². The van der Waals surface area contributed by atoms with E-state index >= 15 is 0 Å². The predicted octanol–water partition coefficient (Wildman–Crippen LogP) is 1.96. The van der Waals surface area contributed by atoms with Gasteiger partial charge in [0.1, 0.15) is 23.8 Å². The van der Waals surface area contributed by atoms with Crippen LogP contribution in [0.2, 0.25) is 0 Å². The van der Waals surface area contributed by atoms with Crippen LogP contribution in [0.15, 0.2) is 22.9 Å². The topological polar surface area (TPSA) is 85.5 Å². The number of carboxylic acid groups (broad SMARTS) is 1. The second-order valence-electron chi connectivity index (χ2n) is 3.78. The lowest BCUT2D eigenvalue weighted by Crippen LogP contribution is -2.01. The van der Waals surface area contributed by atoms with Gasteiger partial charge in [-0.05, 0) is 26.0 Å². The van der Waals surface area contributed by atoms with E-state index in [1.807, 2.05) is 13.8 Å². The second kappa shape index (κ2) is 4.87. The molecule has 0 atom stereocenters. The Hall–Kier alpha value is -2.37. The normalized spacial score (nSPS) is 10.3. The summed E-state index contributed by atoms with van der Waals surface area (Å²) in [5.74, 6) is 0.148. The van der Waals surface area contributed by atoms with Crippen LogP contribution in [0, 0.1) is 13.8 Å². The molecule has 0 saturated carbocycles. The highest BCUT2D eigenvalue weighted by atomic mass is 16.5. The summed E-state index contributed by atoms with van der Waals surface area (Å²) in [6.07, 6.45) is 1.38. The molecule has 2 aromatic heterocycles. The van der Waals surface area contributed by atoms with Crippen LogP contribution in [-0.2, 0) is 6.61 Å². The van der Waals surface area contributed by atoms with Crippen LogP contribution in [0.4, 0.5) is 0 Å². The van der Waals surface area contributed by atoms with Crippen molar-refractivity contribution in [2.45, 2.75) is 20.5 Å². The third-order valence-corrected chi connectivity index (χ3v) is 2.52. The molecule has 2 heterocycles. The number of pyridine rings is 1. The molecule has 0 saturated heterocycles. The average molecular weight is 248 g/mol. The van der Waals surface area contributed by atoms with E-state index in [0.717, 1.165) is 11.3 Å². The summed E-state index contributed by atoms with van der Waals surface area (Å²) >= 11 is 0. The molecule has 0 aliphatic carbocycles. The van der Waals surface area contributed by atoms with Crippen molar-refractivity contribution in [2.24, 2.45) is 0 Å². The molecule has 0 aliphatic heterocycles. The summed E-state index contributed by atoms with van der Waals surface area (Å²) in [6, 6.07) is 2.96. The number of aryl methyl sites for hydroxylation is 2. The number of aromatic carboxylic acids is 1. The Kier molecular flexibility index (Phi) is 3.27. The lowest BCUT2D eigenvalue weighted by Gasteiger charge is -2.05. The van der Waals surface area contributed by atoms with Crippen molar-refractivity contribution in [1.82, 2.24) is 10.1 Å². The maximum atomic E-state index is 10.6. The minimum atomic E-state index is -1.06. The zero-order chi connectivity index (χ0) is 13.1. The molecule has 0 aromatic carbocycles. The summed E-state index contributed by atoms with van der Waals surface area (Å²) in [7, 11) is 0. The van der Waals surface area contributed by atoms with E-state index in [-0.39, 0.29) is 5.69 Å². The molecule has 0 amide bonds. The van der Waals surface area contributed by atoms with Gasteiger partial charge in [0, 0.05) is 0 Å². The van der Waals surface area contributed by atoms with E-state index in [4.69, 9.17) is 14.4 Å². The highest BCUT2D eigenvalue weighted by Gasteiger charge is 2.10. The van der Waals surface area contributed by atoms with Gasteiger partial charge in [-0.1, -0.05) is 5.16 Å². The Morgan fingerprint density at radius 3 is 2.72 bits per heavy atom. The molecule has 18 heavy (non-hydrogen) atoms. The van der Waals surface area contributed by atoms with Gasteiger partial charge >= 0.3 is 5.97 Å². The van der Waals surface area contributed by atoms with Crippen molar-refractivity contribution < 1.29 is 19.2 Å². The van der Waals surface area contributed by atoms with Gasteiger partial charge in [-0.15, -0.1) is 0 Å². The first-order valence-corrected chi connectivity index (χ1v) is 5.32. The van der Waals surface area contributed by atoms with Gasteiger partial charge in [0.2, 0.25) is 0 Å². The van der Waals surface area contributed by atoms with Gasteiger partial charge in [-0.25, -0.2) is 9.78 Å². The Morgan fingerprint density at radius 1 is 1.44 bits per heavy atom. The lowest BCUT2D eigenvalue weighted by atomic mass is 10.2. The first kappa shape index (κ1) is 12.1. The van der Waals surface area contributed by atoms with E-state index < -0.39 is 5.97 Å². The van der Waals surface area contributed by atoms with Crippen molar-refractivity contribution in [3.63, 3.8) is 0 Å². The molecule has 0 spiro atoms. The van der Waals surface area contributed by atoms with E-state index in [1.165, 1.54) is 12.3 Å². The fourth-order valence-electron chi connectivity index (χ4n) is 1.46. The number of ether oxygens (including phenoxy) is 1. The van der Waals surface area contributed by atoms with E-state index in [2.05, 4.69) is 10.1 Å². The van der Waals surface area contributed by atoms with Crippen LogP contribution in [0.1, 0.15) is 27.5 Å². The molecule has 6 nitrogen and oxygen atoms in total. The first-order valence-electron chi connectivity index (χ1n) is 5.32. The molecule has 0 fully saturated rings. The van der Waals surface area contributed by atoms with Crippen molar-refractivity contribution in [3.8, 4) is 5.75 Å². The standard InChI is InChI=1S/C12H12N2O4/c1-7-10(8(2)18-14-7)6-17-9-3-4-11(12(15)16)13-5-9/h3-5H,6H2,1-2H3,(H,15,16). The van der Waals surface area contributed by atoms with Crippen molar-refractivity contribution in [3.05, 3.63) is 41.0 Å². The van der Waals surface area contributed by atoms with Gasteiger partial charge in [0.25, 0.3) is 0 Å². The SMILES string of the molecule is Cc1noc(C)c1COc1ccc(C(=O)O)nc1. The minimum Gasteiger partial charge on any atom is -0.487 e. The summed E-state index contributed by atoms with van der Waals surface area (Å²) in [4.78, 5) is 14.4. The number of carbonyl (C=O) groups is 1. The van der Waals surface area contributed by atoms with Crippen LogP contribution in [-0.4, -0.2) is 21.2 Å². The zero-order valence-corrected chi connectivity index (χ0v) is 10.0. The monoisotopic (exact) mass is 248 g/mol. The lowest BCUT2D eigenvalue weighted by molar-refractivity contribution is 0.0690. The largest absolute Gasteiger partial charge is 0.487 e. The van der Waals surface area contributed by atoms with E-state index in [9.17, 15) is 4.79 Å². The molecule has 0 aliphatic rings. The number of nitrogens with zero attached hydrogens (tertiary/aromatic N) is 2. The van der Waals surface area contributed by atoms with Crippen LogP contribution >= 0.6 is 0 Å². The van der Waals surface area contributed by atoms with Crippen LogP contribution in [0.25, 0.3) is 0 Å². The maximum Gasteiger partial charge on any atom is 0.354 e. The van der Waals surface area contributed by atoms with Crippen molar-refractivity contribution >= 4 is 5.97 Å². The molecule has 2 rings (SSSR count). The van der Waals surface area contributed by atoms with Crippen LogP contribution in [0.3, 0.4) is 0 Å². The molecule has 0 radical (unpaired) electrons. The Labute approximate surface area is 103 Å². The maximum absolute atomic E-state index is 10.6. The van der Waals surface area contributed by atoms with Crippen molar-refractivity contribution in [2.75, 3.05) is 0 Å². The highest BCUT2D eigenvalue weighted by molar-refractivity contribution is 5.85. The Bertz CT molecular complexity index is 540. The molecule has 1 N–H and O–H groups in total. The number of carboxylic acids is 1. The number of hydrogen-bond donors (Lipinski definition) is 1. The molecular weight excluding hydrogens is 236 g/mol. The summed E-state index contributed by atoms with van der Waals surface area (Å²) in [5, 5.41) is 12.5. The molecule has 6 heteroatoms. The number of aromatic nitrogens is 2. The third-order valence-electron chi connectivity index (χ3n) is 2.52. The average Bonchev–Trinajstić information content (AvgIpc) is 2.67. The van der Waals surface area contributed by atoms with Gasteiger partial charge in [0.15, 0.2) is 0 Å². The minimum absolute atomic E-state index is 0.0142. The summed E-state index contributed by atoms with van der Waals surface area (Å²) in [6.45, 7) is 3.96. The second-order valence-corrected chi connectivity index (χ2v) is 3.78. The zero-order valence-electron chi connectivity index (χ0n) is 10.0. The third kappa shape index (κ3) is 2.48. The van der Waals surface area contributed by atoms with Crippen LogP contribution in [0.5, 0.6) is 5.75 Å². The van der Waals surface area contributed by atoms with Gasteiger partial charge in [0.05, 0.1) is 17.5 Å². The molecule has 0 bridgehead atoms. The predicted molar refractivity (Wildman–Crippen MR) is 61.5 cm³/mol. The fourth-order valence-corrected chi connectivity index (χ4v) is 1.46. The molecule has 2 aromatic rings. The fraction of sp³-hybridized carbons (Fsp3) is 0.250. The Balaban J connectivity index is 2.04. The van der Waals surface area contributed by atoms with Gasteiger partial charge in [-0.3, -0.25) is 0 Å². The van der Waals surface area contributed by atoms with Gasteiger partial charge in [-0.2, -0.15) is 0 Å². The van der Waals surface area contributed by atoms with E-state index in [0.29, 0.717) is 18.1 Å². The smallest absolute Gasteiger partial charge is 0.354 e. The first-order chi connectivity index (χ1) is 8.58. The number of rotatable bonds is 4. The van der Waals surface area contributed by atoms with Gasteiger partial charge < -0.3 is 14.4 Å². The molecule has 94 valence electrons. The molecule has 0 unspecified atom stereocenters. The molecular formula is C12H12N2O4. The number of hydrogen-bond acceptors (Lipinski definition) is 5. The quantitative estimate of drug-likeness (QED) is 0.890. The highest BCUT2D eigenvalue weighted by Crippen LogP contribution is 2.16. The van der Waals surface area contributed by atoms with Crippen molar-refractivity contribution in [1.29, 1.82) is 0 Å². The summed E-state index contributed by atoms with van der Waals surface area (Å²) in [5.41, 5.74) is 1.65.